The van der Waals surface area contributed by atoms with Crippen molar-refractivity contribution in [2.45, 2.75) is 18.9 Å². The quantitative estimate of drug-likeness (QED) is 0.886. The molecule has 0 aliphatic carbocycles. The molecule has 1 aromatic carbocycles. The third kappa shape index (κ3) is 2.51. The first kappa shape index (κ1) is 13.1. The molecule has 20 heavy (non-hydrogen) atoms. The number of anilines is 1. The highest BCUT2D eigenvalue weighted by atomic mass is 19.1. The predicted octanol–water partition coefficient (Wildman–Crippen LogP) is 2.28. The van der Waals surface area contributed by atoms with E-state index in [1.165, 1.54) is 12.1 Å². The van der Waals surface area contributed by atoms with Gasteiger partial charge in [-0.2, -0.15) is 5.10 Å². The summed E-state index contributed by atoms with van der Waals surface area (Å²) in [5.41, 5.74) is 6.73. The molecular formula is C14H16F2N4. The number of H-pyrrole nitrogens is 1. The molecule has 0 spiro atoms. The minimum Gasteiger partial charge on any atom is -0.355 e. The summed E-state index contributed by atoms with van der Waals surface area (Å²) < 4.78 is 26.6. The number of hydrogen-bond donors (Lipinski definition) is 2. The van der Waals surface area contributed by atoms with Gasteiger partial charge in [-0.15, -0.1) is 0 Å². The summed E-state index contributed by atoms with van der Waals surface area (Å²) in [6, 6.07) is 5.55. The summed E-state index contributed by atoms with van der Waals surface area (Å²) in [6.45, 7) is 1.69. The molecule has 0 bridgehead atoms. The molecule has 2 heterocycles. The van der Waals surface area contributed by atoms with E-state index in [2.05, 4.69) is 15.1 Å². The van der Waals surface area contributed by atoms with Gasteiger partial charge >= 0.3 is 0 Å². The van der Waals surface area contributed by atoms with Crippen molar-refractivity contribution in [1.29, 1.82) is 0 Å². The van der Waals surface area contributed by atoms with Crippen LogP contribution in [0.4, 0.5) is 14.6 Å². The van der Waals surface area contributed by atoms with E-state index < -0.39 is 11.6 Å². The van der Waals surface area contributed by atoms with E-state index in [0.29, 0.717) is 11.3 Å². The van der Waals surface area contributed by atoms with Gasteiger partial charge in [0.2, 0.25) is 0 Å². The van der Waals surface area contributed by atoms with Crippen molar-refractivity contribution in [1.82, 2.24) is 10.2 Å². The van der Waals surface area contributed by atoms with Gasteiger partial charge in [-0.1, -0.05) is 0 Å². The van der Waals surface area contributed by atoms with Crippen LogP contribution in [0.1, 0.15) is 12.8 Å². The summed E-state index contributed by atoms with van der Waals surface area (Å²) >= 11 is 0. The second kappa shape index (κ2) is 5.20. The second-order valence-electron chi connectivity index (χ2n) is 5.09. The number of nitrogens with two attached hydrogens (primary N) is 1. The van der Waals surface area contributed by atoms with Crippen molar-refractivity contribution in [2.75, 3.05) is 18.0 Å². The number of piperidine rings is 1. The highest BCUT2D eigenvalue weighted by Gasteiger charge is 2.19. The van der Waals surface area contributed by atoms with Crippen LogP contribution >= 0.6 is 0 Å². The molecule has 6 heteroatoms. The molecule has 1 aromatic heterocycles. The minimum atomic E-state index is -0.596. The van der Waals surface area contributed by atoms with Crippen LogP contribution in [0.15, 0.2) is 24.3 Å². The Morgan fingerprint density at radius 3 is 2.65 bits per heavy atom. The molecule has 106 valence electrons. The number of benzene rings is 1. The van der Waals surface area contributed by atoms with Crippen LogP contribution in [-0.2, 0) is 0 Å². The van der Waals surface area contributed by atoms with E-state index >= 15 is 0 Å². The molecule has 0 saturated carbocycles. The molecule has 4 nitrogen and oxygen atoms in total. The van der Waals surface area contributed by atoms with Crippen LogP contribution < -0.4 is 10.6 Å². The van der Waals surface area contributed by atoms with Gasteiger partial charge in [0.05, 0.1) is 5.69 Å². The Morgan fingerprint density at radius 1 is 1.20 bits per heavy atom. The van der Waals surface area contributed by atoms with Crippen LogP contribution in [0, 0.1) is 11.6 Å². The van der Waals surface area contributed by atoms with E-state index in [9.17, 15) is 8.78 Å². The van der Waals surface area contributed by atoms with Crippen LogP contribution in [0.5, 0.6) is 0 Å². The van der Waals surface area contributed by atoms with Crippen LogP contribution in [0.2, 0.25) is 0 Å². The minimum absolute atomic E-state index is 0.249. The monoisotopic (exact) mass is 278 g/mol. The molecule has 1 aliphatic rings. The smallest absolute Gasteiger partial charge is 0.150 e. The second-order valence-corrected chi connectivity index (χ2v) is 5.09. The van der Waals surface area contributed by atoms with Gasteiger partial charge in [-0.25, -0.2) is 8.78 Å². The Morgan fingerprint density at radius 2 is 1.95 bits per heavy atom. The lowest BCUT2D eigenvalue weighted by molar-refractivity contribution is 0.498. The molecule has 0 amide bonds. The van der Waals surface area contributed by atoms with Gasteiger partial charge in [0.25, 0.3) is 0 Å². The summed E-state index contributed by atoms with van der Waals surface area (Å²) in [5, 5.41) is 7.01. The van der Waals surface area contributed by atoms with Crippen molar-refractivity contribution in [3.05, 3.63) is 35.9 Å². The highest BCUT2D eigenvalue weighted by molar-refractivity contribution is 5.63. The van der Waals surface area contributed by atoms with E-state index in [1.54, 1.807) is 6.07 Å². The summed E-state index contributed by atoms with van der Waals surface area (Å²) in [6.07, 6.45) is 1.85. The van der Waals surface area contributed by atoms with E-state index in [1.807, 2.05) is 0 Å². The first-order chi connectivity index (χ1) is 9.63. The maximum atomic E-state index is 13.7. The summed E-state index contributed by atoms with van der Waals surface area (Å²) in [5.74, 6) is -0.410. The van der Waals surface area contributed by atoms with Crippen molar-refractivity contribution < 1.29 is 8.78 Å². The number of halogens is 2. The Hall–Kier alpha value is -1.95. The van der Waals surface area contributed by atoms with Gasteiger partial charge in [0, 0.05) is 36.8 Å². The molecule has 2 aromatic rings. The number of rotatable bonds is 2. The molecular weight excluding hydrogens is 262 g/mol. The number of nitrogens with zero attached hydrogens (tertiary/aromatic N) is 2. The maximum absolute atomic E-state index is 13.7. The van der Waals surface area contributed by atoms with E-state index in [-0.39, 0.29) is 6.04 Å². The topological polar surface area (TPSA) is 57.9 Å². The fourth-order valence-corrected chi connectivity index (χ4v) is 2.45. The summed E-state index contributed by atoms with van der Waals surface area (Å²) in [4.78, 5) is 2.12. The highest BCUT2D eigenvalue weighted by Crippen LogP contribution is 2.26. The maximum Gasteiger partial charge on any atom is 0.150 e. The van der Waals surface area contributed by atoms with Gasteiger partial charge in [0.15, 0.2) is 5.82 Å². The standard InChI is InChI=1S/C14H16F2N4/c15-9-1-2-11(12(16)7-9)13-8-14(19-18-13)20-5-3-10(17)4-6-20/h1-2,7-8,10H,3-6,17H2,(H,18,19). The fraction of sp³-hybridized carbons (Fsp3) is 0.357. The molecule has 3 N–H and O–H groups in total. The lowest BCUT2D eigenvalue weighted by Gasteiger charge is -2.29. The van der Waals surface area contributed by atoms with Crippen molar-refractivity contribution in [3.8, 4) is 11.3 Å². The zero-order valence-corrected chi connectivity index (χ0v) is 10.9. The molecule has 0 radical (unpaired) electrons. The van der Waals surface area contributed by atoms with E-state index in [0.717, 1.165) is 37.8 Å². The lowest BCUT2D eigenvalue weighted by atomic mass is 10.1. The SMILES string of the molecule is NC1CCN(c2cc(-c3ccc(F)cc3F)[nH]n2)CC1. The molecule has 1 aliphatic heterocycles. The number of hydrogen-bond acceptors (Lipinski definition) is 3. The Bertz CT molecular complexity index is 603. The Balaban J connectivity index is 1.83. The first-order valence-electron chi connectivity index (χ1n) is 6.65. The number of aromatic amines is 1. The van der Waals surface area contributed by atoms with Crippen LogP contribution in [0.25, 0.3) is 11.3 Å². The van der Waals surface area contributed by atoms with Gasteiger partial charge in [-0.05, 0) is 25.0 Å². The zero-order chi connectivity index (χ0) is 14.1. The average Bonchev–Trinajstić information content (AvgIpc) is 2.89. The third-order valence-electron chi connectivity index (χ3n) is 3.65. The van der Waals surface area contributed by atoms with Gasteiger partial charge in [0.1, 0.15) is 11.6 Å². The largest absolute Gasteiger partial charge is 0.355 e. The van der Waals surface area contributed by atoms with Crippen molar-refractivity contribution >= 4 is 5.82 Å². The van der Waals surface area contributed by atoms with Gasteiger partial charge < -0.3 is 10.6 Å². The average molecular weight is 278 g/mol. The predicted molar refractivity (Wildman–Crippen MR) is 73.4 cm³/mol. The fourth-order valence-electron chi connectivity index (χ4n) is 2.45. The molecule has 1 saturated heterocycles. The Labute approximate surface area is 115 Å². The van der Waals surface area contributed by atoms with Crippen molar-refractivity contribution in [3.63, 3.8) is 0 Å². The molecule has 0 unspecified atom stereocenters. The van der Waals surface area contributed by atoms with Crippen molar-refractivity contribution in [2.24, 2.45) is 5.73 Å². The van der Waals surface area contributed by atoms with E-state index in [4.69, 9.17) is 5.73 Å². The molecule has 0 atom stereocenters. The zero-order valence-electron chi connectivity index (χ0n) is 10.9. The van der Waals surface area contributed by atoms with Gasteiger partial charge in [-0.3, -0.25) is 5.10 Å². The number of nitrogens with one attached hydrogen (secondary N) is 1. The Kier molecular flexibility index (Phi) is 3.40. The van der Waals surface area contributed by atoms with Crippen LogP contribution in [0.3, 0.4) is 0 Å². The molecule has 1 fully saturated rings. The lowest BCUT2D eigenvalue weighted by Crippen LogP contribution is -2.39. The first-order valence-corrected chi connectivity index (χ1v) is 6.65. The molecule has 3 rings (SSSR count). The summed E-state index contributed by atoms with van der Waals surface area (Å²) in [7, 11) is 0. The normalized spacial score (nSPS) is 16.6. The van der Waals surface area contributed by atoms with Crippen LogP contribution in [-0.4, -0.2) is 29.3 Å². The number of aromatic nitrogens is 2. The third-order valence-corrected chi connectivity index (χ3v) is 3.65.